The van der Waals surface area contributed by atoms with Gasteiger partial charge in [-0.3, -0.25) is 4.68 Å². The van der Waals surface area contributed by atoms with Gasteiger partial charge in [0, 0.05) is 6.20 Å². The number of rotatable bonds is 5. The van der Waals surface area contributed by atoms with Gasteiger partial charge in [-0.05, 0) is 13.5 Å². The number of halogens is 1. The standard InChI is InChI=1S/C9H16ClN3O/c1-3-11-9(2,7-14)6-13-5-8(10)4-12-13/h4-5,11,14H,3,6-7H2,1-2H3. The second-order valence-corrected chi connectivity index (χ2v) is 4.04. The highest BCUT2D eigenvalue weighted by atomic mass is 35.5. The molecule has 1 aromatic heterocycles. The van der Waals surface area contributed by atoms with E-state index >= 15 is 0 Å². The molecule has 0 bridgehead atoms. The van der Waals surface area contributed by atoms with E-state index in [1.807, 2.05) is 13.8 Å². The predicted molar refractivity (Wildman–Crippen MR) is 56.4 cm³/mol. The first kappa shape index (κ1) is 11.5. The average molecular weight is 218 g/mol. The molecule has 0 radical (unpaired) electrons. The van der Waals surface area contributed by atoms with E-state index in [4.69, 9.17) is 11.6 Å². The number of nitrogens with one attached hydrogen (secondary N) is 1. The summed E-state index contributed by atoms with van der Waals surface area (Å²) < 4.78 is 1.72. The van der Waals surface area contributed by atoms with Gasteiger partial charge in [-0.2, -0.15) is 5.10 Å². The van der Waals surface area contributed by atoms with Crippen LogP contribution in [0.5, 0.6) is 0 Å². The van der Waals surface area contributed by atoms with Crippen molar-refractivity contribution in [2.24, 2.45) is 0 Å². The number of aromatic nitrogens is 2. The third-order valence-corrected chi connectivity index (χ3v) is 2.26. The number of aliphatic hydroxyl groups excluding tert-OH is 1. The largest absolute Gasteiger partial charge is 0.394 e. The van der Waals surface area contributed by atoms with Crippen molar-refractivity contribution >= 4 is 11.6 Å². The second-order valence-electron chi connectivity index (χ2n) is 3.61. The molecule has 0 saturated heterocycles. The first-order chi connectivity index (χ1) is 6.59. The van der Waals surface area contributed by atoms with Crippen LogP contribution in [0.25, 0.3) is 0 Å². The highest BCUT2D eigenvalue weighted by molar-refractivity contribution is 6.30. The van der Waals surface area contributed by atoms with Crippen molar-refractivity contribution in [3.63, 3.8) is 0 Å². The van der Waals surface area contributed by atoms with Crippen LogP contribution in [0.2, 0.25) is 5.02 Å². The Labute approximate surface area is 88.9 Å². The van der Waals surface area contributed by atoms with E-state index in [-0.39, 0.29) is 12.1 Å². The van der Waals surface area contributed by atoms with Gasteiger partial charge < -0.3 is 10.4 Å². The molecule has 0 amide bonds. The monoisotopic (exact) mass is 217 g/mol. The van der Waals surface area contributed by atoms with E-state index in [9.17, 15) is 5.11 Å². The Morgan fingerprint density at radius 3 is 2.86 bits per heavy atom. The topological polar surface area (TPSA) is 50.1 Å². The van der Waals surface area contributed by atoms with Crippen molar-refractivity contribution in [3.05, 3.63) is 17.4 Å². The highest BCUT2D eigenvalue weighted by Gasteiger charge is 2.22. The summed E-state index contributed by atoms with van der Waals surface area (Å²) in [4.78, 5) is 0. The second kappa shape index (κ2) is 4.77. The van der Waals surface area contributed by atoms with Crippen LogP contribution in [-0.4, -0.2) is 33.6 Å². The van der Waals surface area contributed by atoms with Gasteiger partial charge in [-0.15, -0.1) is 0 Å². The lowest BCUT2D eigenvalue weighted by atomic mass is 10.0. The molecule has 1 rings (SSSR count). The van der Waals surface area contributed by atoms with Crippen molar-refractivity contribution in [1.29, 1.82) is 0 Å². The molecule has 5 heteroatoms. The molecule has 0 spiro atoms. The fraction of sp³-hybridized carbons (Fsp3) is 0.667. The highest BCUT2D eigenvalue weighted by Crippen LogP contribution is 2.10. The van der Waals surface area contributed by atoms with Gasteiger partial charge in [-0.1, -0.05) is 18.5 Å². The van der Waals surface area contributed by atoms with E-state index in [0.717, 1.165) is 6.54 Å². The summed E-state index contributed by atoms with van der Waals surface area (Å²) in [6.45, 7) is 5.44. The Kier molecular flexibility index (Phi) is 3.92. The summed E-state index contributed by atoms with van der Waals surface area (Å²) >= 11 is 5.74. The van der Waals surface area contributed by atoms with E-state index in [1.54, 1.807) is 17.1 Å². The Morgan fingerprint density at radius 2 is 2.43 bits per heavy atom. The van der Waals surface area contributed by atoms with Crippen molar-refractivity contribution in [2.75, 3.05) is 13.2 Å². The molecule has 1 atom stereocenters. The predicted octanol–water partition coefficient (Wildman–Crippen LogP) is 0.897. The zero-order valence-corrected chi connectivity index (χ0v) is 9.25. The van der Waals surface area contributed by atoms with Gasteiger partial charge in [0.25, 0.3) is 0 Å². The van der Waals surface area contributed by atoms with Crippen LogP contribution < -0.4 is 5.32 Å². The average Bonchev–Trinajstić information content (AvgIpc) is 2.51. The quantitative estimate of drug-likeness (QED) is 0.771. The van der Waals surface area contributed by atoms with Gasteiger partial charge in [-0.25, -0.2) is 0 Å². The summed E-state index contributed by atoms with van der Waals surface area (Å²) in [7, 11) is 0. The van der Waals surface area contributed by atoms with Crippen LogP contribution in [0, 0.1) is 0 Å². The first-order valence-electron chi connectivity index (χ1n) is 4.63. The molecule has 1 heterocycles. The molecule has 4 nitrogen and oxygen atoms in total. The van der Waals surface area contributed by atoms with E-state index in [1.165, 1.54) is 0 Å². The van der Waals surface area contributed by atoms with Gasteiger partial charge in [0.15, 0.2) is 0 Å². The van der Waals surface area contributed by atoms with Gasteiger partial charge in [0.2, 0.25) is 0 Å². The van der Waals surface area contributed by atoms with E-state index < -0.39 is 0 Å². The van der Waals surface area contributed by atoms with Crippen LogP contribution >= 0.6 is 11.6 Å². The SMILES string of the molecule is CCNC(C)(CO)Cn1cc(Cl)cn1. The van der Waals surface area contributed by atoms with Crippen LogP contribution in [0.1, 0.15) is 13.8 Å². The molecular formula is C9H16ClN3O. The minimum absolute atomic E-state index is 0.0678. The minimum atomic E-state index is -0.343. The Morgan fingerprint density at radius 1 is 1.71 bits per heavy atom. The van der Waals surface area contributed by atoms with Gasteiger partial charge in [0.1, 0.15) is 0 Å². The molecule has 80 valence electrons. The fourth-order valence-electron chi connectivity index (χ4n) is 1.37. The molecule has 1 aromatic rings. The molecule has 2 N–H and O–H groups in total. The molecule has 0 aliphatic heterocycles. The van der Waals surface area contributed by atoms with Crippen LogP contribution in [0.3, 0.4) is 0 Å². The van der Waals surface area contributed by atoms with Crippen molar-refractivity contribution in [1.82, 2.24) is 15.1 Å². The maximum Gasteiger partial charge on any atom is 0.0785 e. The Bertz CT molecular complexity index is 289. The fourth-order valence-corrected chi connectivity index (χ4v) is 1.53. The maximum atomic E-state index is 9.25. The molecule has 14 heavy (non-hydrogen) atoms. The lowest BCUT2D eigenvalue weighted by molar-refractivity contribution is 0.155. The molecule has 0 saturated carbocycles. The van der Waals surface area contributed by atoms with Crippen molar-refractivity contribution in [3.8, 4) is 0 Å². The van der Waals surface area contributed by atoms with Crippen molar-refractivity contribution in [2.45, 2.75) is 25.9 Å². The molecule has 0 fully saturated rings. The third-order valence-electron chi connectivity index (χ3n) is 2.07. The Balaban J connectivity index is 2.64. The normalized spacial score (nSPS) is 15.4. The lowest BCUT2D eigenvalue weighted by Gasteiger charge is -2.28. The number of hydrogen-bond acceptors (Lipinski definition) is 3. The molecule has 0 aromatic carbocycles. The number of aliphatic hydroxyl groups is 1. The minimum Gasteiger partial charge on any atom is -0.394 e. The van der Waals surface area contributed by atoms with E-state index in [2.05, 4.69) is 10.4 Å². The third kappa shape index (κ3) is 2.97. The molecule has 1 unspecified atom stereocenters. The zero-order chi connectivity index (χ0) is 10.6. The summed E-state index contributed by atoms with van der Waals surface area (Å²) in [5.41, 5.74) is -0.343. The van der Waals surface area contributed by atoms with Gasteiger partial charge in [0.05, 0.1) is 29.9 Å². The van der Waals surface area contributed by atoms with Crippen LogP contribution in [0.4, 0.5) is 0 Å². The zero-order valence-electron chi connectivity index (χ0n) is 8.50. The first-order valence-corrected chi connectivity index (χ1v) is 5.01. The summed E-state index contributed by atoms with van der Waals surface area (Å²) in [5.74, 6) is 0. The number of nitrogens with zero attached hydrogens (tertiary/aromatic N) is 2. The molecular weight excluding hydrogens is 202 g/mol. The lowest BCUT2D eigenvalue weighted by Crippen LogP contribution is -2.49. The maximum absolute atomic E-state index is 9.25. The molecule has 0 aliphatic rings. The van der Waals surface area contributed by atoms with E-state index in [0.29, 0.717) is 11.6 Å². The summed E-state index contributed by atoms with van der Waals surface area (Å²) in [5, 5.41) is 17.1. The number of hydrogen-bond donors (Lipinski definition) is 2. The van der Waals surface area contributed by atoms with Crippen molar-refractivity contribution < 1.29 is 5.11 Å². The summed E-state index contributed by atoms with van der Waals surface area (Å²) in [6.07, 6.45) is 3.33. The summed E-state index contributed by atoms with van der Waals surface area (Å²) in [6, 6.07) is 0. The number of likely N-dealkylation sites (N-methyl/N-ethyl adjacent to an activating group) is 1. The Hall–Kier alpha value is -0.580. The van der Waals surface area contributed by atoms with Crippen LogP contribution in [-0.2, 0) is 6.54 Å². The van der Waals surface area contributed by atoms with Crippen LogP contribution in [0.15, 0.2) is 12.4 Å². The van der Waals surface area contributed by atoms with Gasteiger partial charge >= 0.3 is 0 Å². The molecule has 0 aliphatic carbocycles. The smallest absolute Gasteiger partial charge is 0.0785 e.